The van der Waals surface area contributed by atoms with Gasteiger partial charge in [0.25, 0.3) is 10.0 Å². The summed E-state index contributed by atoms with van der Waals surface area (Å²) in [5.41, 5.74) is 0.240. The van der Waals surface area contributed by atoms with Crippen molar-refractivity contribution in [1.29, 1.82) is 0 Å². The number of para-hydroxylation sites is 1. The van der Waals surface area contributed by atoms with Crippen LogP contribution >= 0.6 is 0 Å². The highest BCUT2D eigenvalue weighted by Crippen LogP contribution is 2.27. The summed E-state index contributed by atoms with van der Waals surface area (Å²) in [6.07, 6.45) is 0. The molecular weight excluding hydrogens is 294 g/mol. The average Bonchev–Trinajstić information content (AvgIpc) is 2.47. The van der Waals surface area contributed by atoms with Crippen LogP contribution in [0.3, 0.4) is 0 Å². The van der Waals surface area contributed by atoms with Gasteiger partial charge in [-0.05, 0) is 30.3 Å². The van der Waals surface area contributed by atoms with Gasteiger partial charge < -0.3 is 9.84 Å². The van der Waals surface area contributed by atoms with Crippen molar-refractivity contribution in [2.75, 3.05) is 11.8 Å². The lowest BCUT2D eigenvalue weighted by atomic mass is 10.2. The highest BCUT2D eigenvalue weighted by molar-refractivity contribution is 7.92. The van der Waals surface area contributed by atoms with Crippen LogP contribution in [-0.4, -0.2) is 26.6 Å². The summed E-state index contributed by atoms with van der Waals surface area (Å²) >= 11 is 0. The molecule has 0 atom stereocenters. The number of methoxy groups -OCH3 is 1. The molecule has 0 unspecified atom stereocenters. The van der Waals surface area contributed by atoms with Crippen LogP contribution in [0.25, 0.3) is 0 Å². The number of carboxylic acid groups (broad SMARTS) is 1. The van der Waals surface area contributed by atoms with Crippen molar-refractivity contribution in [1.82, 2.24) is 0 Å². The third-order valence-corrected chi connectivity index (χ3v) is 4.13. The summed E-state index contributed by atoms with van der Waals surface area (Å²) in [5.74, 6) is -1.14. The Morgan fingerprint density at radius 3 is 2.38 bits per heavy atom. The molecule has 0 bridgehead atoms. The van der Waals surface area contributed by atoms with Crippen LogP contribution in [0.2, 0.25) is 0 Å². The normalized spacial score (nSPS) is 10.9. The zero-order chi connectivity index (χ0) is 15.5. The van der Waals surface area contributed by atoms with Crippen molar-refractivity contribution in [2.45, 2.75) is 4.90 Å². The Balaban J connectivity index is 2.48. The number of hydrogen-bond donors (Lipinski definition) is 2. The van der Waals surface area contributed by atoms with E-state index in [0.717, 1.165) is 6.07 Å². The van der Waals surface area contributed by atoms with Gasteiger partial charge in [0.2, 0.25) is 0 Å². The van der Waals surface area contributed by atoms with Crippen molar-refractivity contribution in [3.63, 3.8) is 0 Å². The van der Waals surface area contributed by atoms with Crippen molar-refractivity contribution < 1.29 is 23.1 Å². The van der Waals surface area contributed by atoms with Gasteiger partial charge in [-0.3, -0.25) is 4.72 Å². The first-order chi connectivity index (χ1) is 9.94. The van der Waals surface area contributed by atoms with Crippen LogP contribution in [0.4, 0.5) is 5.69 Å². The summed E-state index contributed by atoms with van der Waals surface area (Å²) < 4.78 is 32.1. The maximum atomic E-state index is 12.4. The molecule has 0 aromatic heterocycles. The minimum atomic E-state index is -3.95. The molecule has 2 rings (SSSR count). The van der Waals surface area contributed by atoms with Gasteiger partial charge >= 0.3 is 5.97 Å². The van der Waals surface area contributed by atoms with Crippen LogP contribution in [-0.2, 0) is 10.0 Å². The van der Waals surface area contributed by atoms with Gasteiger partial charge in [-0.2, -0.15) is 0 Å². The smallest absolute Gasteiger partial charge is 0.335 e. The number of carboxylic acids is 1. The van der Waals surface area contributed by atoms with Gasteiger partial charge in [-0.25, -0.2) is 13.2 Å². The van der Waals surface area contributed by atoms with E-state index in [0.29, 0.717) is 5.69 Å². The van der Waals surface area contributed by atoms with E-state index in [-0.39, 0.29) is 16.2 Å². The lowest BCUT2D eigenvalue weighted by Crippen LogP contribution is -2.15. The lowest BCUT2D eigenvalue weighted by Gasteiger charge is -2.12. The van der Waals surface area contributed by atoms with E-state index in [1.54, 1.807) is 30.3 Å². The molecule has 0 aliphatic rings. The number of aromatic carboxylic acids is 1. The second kappa shape index (κ2) is 5.84. The van der Waals surface area contributed by atoms with Crippen LogP contribution in [0.5, 0.6) is 5.75 Å². The van der Waals surface area contributed by atoms with Crippen molar-refractivity contribution in [3.8, 4) is 5.75 Å². The fourth-order valence-electron chi connectivity index (χ4n) is 1.74. The molecule has 0 radical (unpaired) electrons. The van der Waals surface area contributed by atoms with Crippen molar-refractivity contribution in [3.05, 3.63) is 54.1 Å². The van der Waals surface area contributed by atoms with E-state index in [2.05, 4.69) is 4.72 Å². The Labute approximate surface area is 122 Å². The average molecular weight is 307 g/mol. The summed E-state index contributed by atoms with van der Waals surface area (Å²) in [6, 6.07) is 11.9. The maximum Gasteiger partial charge on any atom is 0.335 e. The molecule has 0 fully saturated rings. The first-order valence-electron chi connectivity index (χ1n) is 5.93. The zero-order valence-electron chi connectivity index (χ0n) is 11.1. The molecule has 2 aromatic carbocycles. The molecule has 2 aromatic rings. The molecule has 21 heavy (non-hydrogen) atoms. The van der Waals surface area contributed by atoms with Gasteiger partial charge in [0.1, 0.15) is 10.6 Å². The van der Waals surface area contributed by atoms with Crippen LogP contribution < -0.4 is 9.46 Å². The first kappa shape index (κ1) is 14.9. The molecule has 0 heterocycles. The zero-order valence-corrected chi connectivity index (χ0v) is 11.9. The number of anilines is 1. The van der Waals surface area contributed by atoms with Crippen LogP contribution in [0, 0.1) is 0 Å². The molecule has 110 valence electrons. The second-order valence-electron chi connectivity index (χ2n) is 4.14. The highest BCUT2D eigenvalue weighted by Gasteiger charge is 2.21. The van der Waals surface area contributed by atoms with Gasteiger partial charge in [0.05, 0.1) is 12.7 Å². The quantitative estimate of drug-likeness (QED) is 0.883. The second-order valence-corrected chi connectivity index (χ2v) is 5.79. The molecule has 0 saturated carbocycles. The van der Waals surface area contributed by atoms with Crippen LogP contribution in [0.1, 0.15) is 10.4 Å². The minimum Gasteiger partial charge on any atom is -0.495 e. The highest BCUT2D eigenvalue weighted by atomic mass is 32.2. The lowest BCUT2D eigenvalue weighted by molar-refractivity contribution is 0.0696. The summed E-state index contributed by atoms with van der Waals surface area (Å²) in [6.45, 7) is 0. The fraction of sp³-hybridized carbons (Fsp3) is 0.0714. The first-order valence-corrected chi connectivity index (χ1v) is 7.41. The predicted octanol–water partition coefficient (Wildman–Crippen LogP) is 2.19. The molecule has 0 aliphatic carbocycles. The van der Waals surface area contributed by atoms with Gasteiger partial charge in [0, 0.05) is 5.69 Å². The monoisotopic (exact) mass is 307 g/mol. The summed E-state index contributed by atoms with van der Waals surface area (Å²) in [5, 5.41) is 8.97. The summed E-state index contributed by atoms with van der Waals surface area (Å²) in [4.78, 5) is 10.8. The standard InChI is InChI=1S/C14H13NO5S/c1-20-12-8-7-10(14(16)17)9-13(12)21(18,19)15-11-5-3-2-4-6-11/h2-9,15H,1H3,(H,16,17). The number of sulfonamides is 1. The Kier molecular flexibility index (Phi) is 4.13. The molecule has 0 spiro atoms. The minimum absolute atomic E-state index is 0.0726. The molecular formula is C14H13NO5S. The molecule has 2 N–H and O–H groups in total. The van der Waals surface area contributed by atoms with E-state index in [1.807, 2.05) is 0 Å². The van der Waals surface area contributed by atoms with Gasteiger partial charge in [-0.15, -0.1) is 0 Å². The maximum absolute atomic E-state index is 12.4. The van der Waals surface area contributed by atoms with E-state index in [9.17, 15) is 13.2 Å². The van der Waals surface area contributed by atoms with Crippen molar-refractivity contribution in [2.24, 2.45) is 0 Å². The Morgan fingerprint density at radius 2 is 1.81 bits per heavy atom. The number of benzene rings is 2. The van der Waals surface area contributed by atoms with Crippen LogP contribution in [0.15, 0.2) is 53.4 Å². The van der Waals surface area contributed by atoms with E-state index in [4.69, 9.17) is 9.84 Å². The number of hydrogen-bond acceptors (Lipinski definition) is 4. The molecule has 0 saturated heterocycles. The van der Waals surface area contributed by atoms with Crippen molar-refractivity contribution >= 4 is 21.7 Å². The number of carbonyl (C=O) groups is 1. The van der Waals surface area contributed by atoms with E-state index in [1.165, 1.54) is 19.2 Å². The third-order valence-electron chi connectivity index (χ3n) is 2.73. The number of rotatable bonds is 5. The Bertz CT molecular complexity index is 756. The predicted molar refractivity (Wildman–Crippen MR) is 77.2 cm³/mol. The topological polar surface area (TPSA) is 92.7 Å². The third kappa shape index (κ3) is 3.32. The van der Waals surface area contributed by atoms with Gasteiger partial charge in [-0.1, -0.05) is 18.2 Å². The fourth-order valence-corrected chi connectivity index (χ4v) is 2.99. The number of nitrogens with one attached hydrogen (secondary N) is 1. The molecule has 6 nitrogen and oxygen atoms in total. The summed E-state index contributed by atoms with van der Waals surface area (Å²) in [7, 11) is -2.63. The molecule has 0 aliphatic heterocycles. The Hall–Kier alpha value is -2.54. The molecule has 7 heteroatoms. The largest absolute Gasteiger partial charge is 0.495 e. The number of ether oxygens (including phenoxy) is 1. The molecule has 0 amide bonds. The Morgan fingerprint density at radius 1 is 1.14 bits per heavy atom. The van der Waals surface area contributed by atoms with Gasteiger partial charge in [0.15, 0.2) is 0 Å². The SMILES string of the molecule is COc1ccc(C(=O)O)cc1S(=O)(=O)Nc1ccccc1. The van der Waals surface area contributed by atoms with E-state index >= 15 is 0 Å². The van der Waals surface area contributed by atoms with E-state index < -0.39 is 16.0 Å².